The van der Waals surface area contributed by atoms with Crippen molar-refractivity contribution in [2.45, 2.75) is 77.4 Å². The summed E-state index contributed by atoms with van der Waals surface area (Å²) in [6.07, 6.45) is 2.71. The number of rotatable bonds is 5. The number of ether oxygens (including phenoxy) is 1. The summed E-state index contributed by atoms with van der Waals surface area (Å²) in [5, 5.41) is 14.3. The molecule has 0 radical (unpaired) electrons. The van der Waals surface area contributed by atoms with Crippen LogP contribution in [0.15, 0.2) is 11.2 Å². The topological polar surface area (TPSA) is 180 Å². The van der Waals surface area contributed by atoms with Crippen molar-refractivity contribution in [1.82, 2.24) is 19.8 Å². The number of aromatic nitrogens is 2. The van der Waals surface area contributed by atoms with E-state index in [1.54, 1.807) is 13.0 Å². The maximum Gasteiger partial charge on any atom is 0.410 e. The Labute approximate surface area is 292 Å². The molecule has 3 fully saturated rings. The summed E-state index contributed by atoms with van der Waals surface area (Å²) in [5.74, 6) is 1.17. The normalized spacial score (nSPS) is 26.2. The Morgan fingerprint density at radius 2 is 1.84 bits per heavy atom. The molecule has 1 amide bonds. The molecule has 0 aromatic carbocycles. The van der Waals surface area contributed by atoms with E-state index in [9.17, 15) is 14.9 Å². The van der Waals surface area contributed by atoms with E-state index in [4.69, 9.17) is 31.0 Å². The standard InChI is InChI=1S/C34H48N10O4S/c1-20-15-41(6)11-8-12-44(20)31-38-24(13-26(39-31)42-16-21-18-43(19-22(21)17-42)32(46)47-33(2,3)4)28(36)40-48-30(45)34(5)10-7-9-25-27(34)23(14-35)29(37)49-25/h13,20-22H,7-12,15-19,37H2,1-6H3,(H2,36,40)/t20-,21?,22?,34-/m0/s1. The van der Waals surface area contributed by atoms with Crippen molar-refractivity contribution in [2.24, 2.45) is 22.7 Å². The molecule has 2 unspecified atom stereocenters. The summed E-state index contributed by atoms with van der Waals surface area (Å²) >= 11 is 1.35. The molecule has 49 heavy (non-hydrogen) atoms. The molecule has 2 aromatic rings. The molecule has 5 heterocycles. The zero-order chi connectivity index (χ0) is 35.2. The molecule has 0 bridgehead atoms. The number of carbonyl (C=O) groups is 2. The van der Waals surface area contributed by atoms with Crippen LogP contribution in [-0.4, -0.2) is 102 Å². The van der Waals surface area contributed by atoms with Gasteiger partial charge in [-0.15, -0.1) is 11.3 Å². The lowest BCUT2D eigenvalue weighted by atomic mass is 9.72. The fourth-order valence-corrected chi connectivity index (χ4v) is 8.90. The molecule has 0 spiro atoms. The molecule has 0 saturated carbocycles. The number of hydrogen-bond acceptors (Lipinski definition) is 13. The summed E-state index contributed by atoms with van der Waals surface area (Å²) < 4.78 is 5.63. The third kappa shape index (κ3) is 6.98. The van der Waals surface area contributed by atoms with Gasteiger partial charge in [0.15, 0.2) is 5.84 Å². The average Bonchev–Trinajstić information content (AvgIpc) is 3.68. The summed E-state index contributed by atoms with van der Waals surface area (Å²) in [6, 6.07) is 4.13. The third-order valence-corrected chi connectivity index (χ3v) is 11.2. The molecule has 15 heteroatoms. The van der Waals surface area contributed by atoms with Crippen molar-refractivity contribution in [3.8, 4) is 6.07 Å². The zero-order valence-corrected chi connectivity index (χ0v) is 30.2. The van der Waals surface area contributed by atoms with E-state index < -0.39 is 17.0 Å². The van der Waals surface area contributed by atoms with Crippen molar-refractivity contribution < 1.29 is 19.2 Å². The average molecular weight is 693 g/mol. The van der Waals surface area contributed by atoms with Crippen LogP contribution in [0.4, 0.5) is 21.6 Å². The summed E-state index contributed by atoms with van der Waals surface area (Å²) in [4.78, 5) is 51.3. The number of oxime groups is 1. The van der Waals surface area contributed by atoms with E-state index in [1.807, 2.05) is 25.7 Å². The number of nitrogen functional groups attached to an aromatic ring is 1. The van der Waals surface area contributed by atoms with Crippen LogP contribution in [0.2, 0.25) is 0 Å². The van der Waals surface area contributed by atoms with Crippen LogP contribution in [0, 0.1) is 23.2 Å². The maximum atomic E-state index is 13.6. The largest absolute Gasteiger partial charge is 0.444 e. The van der Waals surface area contributed by atoms with E-state index in [1.165, 1.54) is 11.3 Å². The van der Waals surface area contributed by atoms with E-state index in [2.05, 4.69) is 39.9 Å². The predicted molar refractivity (Wildman–Crippen MR) is 189 cm³/mol. The first-order valence-corrected chi connectivity index (χ1v) is 17.9. The van der Waals surface area contributed by atoms with Crippen LogP contribution in [0.5, 0.6) is 0 Å². The van der Waals surface area contributed by atoms with Gasteiger partial charge in [0.1, 0.15) is 28.2 Å². The quantitative estimate of drug-likeness (QED) is 0.202. The Morgan fingerprint density at radius 3 is 2.51 bits per heavy atom. The van der Waals surface area contributed by atoms with Crippen molar-refractivity contribution in [3.05, 3.63) is 27.8 Å². The second-order valence-electron chi connectivity index (χ2n) is 15.2. The lowest BCUT2D eigenvalue weighted by molar-refractivity contribution is -0.150. The number of anilines is 3. The van der Waals surface area contributed by atoms with E-state index >= 15 is 0 Å². The molecular weight excluding hydrogens is 645 g/mol. The monoisotopic (exact) mass is 692 g/mol. The van der Waals surface area contributed by atoms with Crippen LogP contribution < -0.4 is 21.3 Å². The van der Waals surface area contributed by atoms with Gasteiger partial charge >= 0.3 is 12.1 Å². The van der Waals surface area contributed by atoms with Crippen molar-refractivity contribution in [3.63, 3.8) is 0 Å². The number of amides is 1. The Bertz CT molecular complexity index is 1670. The molecule has 4 atom stereocenters. The van der Waals surface area contributed by atoms with Gasteiger partial charge < -0.3 is 40.6 Å². The highest BCUT2D eigenvalue weighted by Gasteiger charge is 2.45. The van der Waals surface area contributed by atoms with Crippen LogP contribution in [0.3, 0.4) is 0 Å². The van der Waals surface area contributed by atoms with Crippen LogP contribution in [0.25, 0.3) is 0 Å². The Hall–Kier alpha value is -4.16. The number of carbonyl (C=O) groups excluding carboxylic acids is 2. The first kappa shape index (κ1) is 34.7. The number of amidine groups is 1. The van der Waals surface area contributed by atoms with Crippen molar-refractivity contribution >= 4 is 46.0 Å². The second-order valence-corrected chi connectivity index (χ2v) is 16.3. The number of thiophene rings is 1. The Kier molecular flexibility index (Phi) is 9.40. The minimum Gasteiger partial charge on any atom is -0.444 e. The van der Waals surface area contributed by atoms with Crippen LogP contribution >= 0.6 is 11.3 Å². The summed E-state index contributed by atoms with van der Waals surface area (Å²) in [6.45, 7) is 14.9. The Morgan fingerprint density at radius 1 is 1.12 bits per heavy atom. The molecule has 264 valence electrons. The number of hydrogen-bond donors (Lipinski definition) is 2. The molecule has 2 aromatic heterocycles. The molecule has 4 N–H and O–H groups in total. The zero-order valence-electron chi connectivity index (χ0n) is 29.4. The molecule has 6 rings (SSSR count). The third-order valence-electron chi connectivity index (χ3n) is 10.2. The van der Waals surface area contributed by atoms with Crippen LogP contribution in [-0.2, 0) is 26.2 Å². The highest BCUT2D eigenvalue weighted by Crippen LogP contribution is 2.46. The summed E-state index contributed by atoms with van der Waals surface area (Å²) in [7, 11) is 2.12. The van der Waals surface area contributed by atoms with Gasteiger partial charge in [-0.3, -0.25) is 0 Å². The Balaban J connectivity index is 1.26. The van der Waals surface area contributed by atoms with E-state index in [0.717, 1.165) is 56.9 Å². The number of likely N-dealkylation sites (N-methyl/N-ethyl adjacent to an activating group) is 1. The minimum atomic E-state index is -1.08. The highest BCUT2D eigenvalue weighted by atomic mass is 32.1. The molecule has 14 nitrogen and oxygen atoms in total. The minimum absolute atomic E-state index is 0.0432. The fraction of sp³-hybridized carbons (Fsp3) is 0.647. The number of nitrogens with two attached hydrogens (primary N) is 2. The van der Waals surface area contributed by atoms with Crippen molar-refractivity contribution in [2.75, 3.05) is 68.4 Å². The molecule has 4 aliphatic rings. The second kappa shape index (κ2) is 13.3. The lowest BCUT2D eigenvalue weighted by Crippen LogP contribution is -2.40. The van der Waals surface area contributed by atoms with Crippen molar-refractivity contribution in [1.29, 1.82) is 5.26 Å². The number of nitriles is 1. The van der Waals surface area contributed by atoms with Gasteiger partial charge in [0.25, 0.3) is 0 Å². The smallest absolute Gasteiger partial charge is 0.410 e. The van der Waals surface area contributed by atoms with E-state index in [-0.39, 0.29) is 29.8 Å². The number of likely N-dealkylation sites (tertiary alicyclic amines) is 1. The van der Waals surface area contributed by atoms with Gasteiger partial charge in [0.05, 0.1) is 11.0 Å². The maximum absolute atomic E-state index is 13.6. The fourth-order valence-electron chi connectivity index (χ4n) is 7.71. The van der Waals surface area contributed by atoms with Gasteiger partial charge in [-0.1, -0.05) is 5.16 Å². The first-order valence-electron chi connectivity index (χ1n) is 17.1. The molecule has 3 saturated heterocycles. The van der Waals surface area contributed by atoms with E-state index in [0.29, 0.717) is 53.1 Å². The number of nitrogens with zero attached hydrogens (tertiary/aromatic N) is 8. The number of fused-ring (bicyclic) bond motifs is 2. The highest BCUT2D eigenvalue weighted by molar-refractivity contribution is 7.16. The molecular formula is C34H48N10O4S. The molecule has 3 aliphatic heterocycles. The van der Waals surface area contributed by atoms with Crippen LogP contribution in [0.1, 0.15) is 75.6 Å². The van der Waals surface area contributed by atoms with Gasteiger partial charge in [0.2, 0.25) is 5.95 Å². The van der Waals surface area contributed by atoms with Gasteiger partial charge in [-0.2, -0.15) is 10.2 Å². The predicted octanol–water partition coefficient (Wildman–Crippen LogP) is 3.28. The SMILES string of the molecule is C[C@H]1CN(C)CCCN1c1nc(/C(N)=N/OC(=O)[C@@]2(C)CCCc3sc(N)c(C#N)c32)cc(N2CC3CN(C(=O)OC(C)(C)C)CC3C2)n1. The molecule has 1 aliphatic carbocycles. The summed E-state index contributed by atoms with van der Waals surface area (Å²) in [5.41, 5.74) is 12.4. The van der Waals surface area contributed by atoms with Gasteiger partial charge in [0, 0.05) is 73.7 Å². The van der Waals surface area contributed by atoms with Gasteiger partial charge in [-0.25, -0.2) is 14.6 Å². The number of aryl methyl sites for hydroxylation is 1. The first-order chi connectivity index (χ1) is 23.2. The lowest BCUT2D eigenvalue weighted by Gasteiger charge is -2.31. The van der Waals surface area contributed by atoms with Gasteiger partial charge in [-0.05, 0) is 73.9 Å².